The maximum absolute atomic E-state index is 9.30. The Hall–Kier alpha value is -2.21. The molecule has 21 heavy (non-hydrogen) atoms. The van der Waals surface area contributed by atoms with Crippen LogP contribution in [0.25, 0.3) is 0 Å². The number of unbranched alkanes of at least 4 members (excludes halogenated alkanes) is 2. The molecule has 2 rings (SSSR count). The van der Waals surface area contributed by atoms with Gasteiger partial charge < -0.3 is 10.3 Å². The summed E-state index contributed by atoms with van der Waals surface area (Å²) in [4.78, 5) is 0. The number of aryl methyl sites for hydroxylation is 1. The third-order valence-corrected chi connectivity index (χ3v) is 3.80. The Morgan fingerprint density at radius 2 is 2.05 bits per heavy atom. The Bertz CT molecular complexity index is 647. The van der Waals surface area contributed by atoms with E-state index in [1.54, 1.807) is 6.07 Å². The van der Waals surface area contributed by atoms with Crippen LogP contribution in [0.4, 0.5) is 5.69 Å². The zero-order valence-electron chi connectivity index (χ0n) is 12.9. The molecule has 0 amide bonds. The fraction of sp³-hybridized carbons (Fsp3) is 0.389. The first-order valence-electron chi connectivity index (χ1n) is 7.59. The van der Waals surface area contributed by atoms with Crippen LogP contribution in [0, 0.1) is 18.3 Å². The summed E-state index contributed by atoms with van der Waals surface area (Å²) >= 11 is 0. The van der Waals surface area contributed by atoms with E-state index in [1.807, 2.05) is 0 Å². The molecule has 0 bridgehead atoms. The van der Waals surface area contributed by atoms with Crippen LogP contribution in [-0.4, -0.2) is 4.57 Å². The molecule has 0 aliphatic rings. The van der Waals surface area contributed by atoms with E-state index in [-0.39, 0.29) is 0 Å². The molecule has 0 aliphatic heterocycles. The molecule has 110 valence electrons. The standard InChI is InChI=1S/C18H23N3/c1-3-4-5-9-21-16(13-19)12-17(20)18(21)11-15-8-6-7-14(2)10-15/h6-8,10,12H,3-5,9,11,20H2,1-2H3. The Labute approximate surface area is 127 Å². The second-order valence-electron chi connectivity index (χ2n) is 5.57. The zero-order chi connectivity index (χ0) is 15.2. The first-order chi connectivity index (χ1) is 10.2. The lowest BCUT2D eigenvalue weighted by molar-refractivity contribution is 0.586. The Morgan fingerprint density at radius 3 is 2.71 bits per heavy atom. The largest absolute Gasteiger partial charge is 0.397 e. The number of nitrogens with zero attached hydrogens (tertiary/aromatic N) is 2. The number of hydrogen-bond acceptors (Lipinski definition) is 2. The van der Waals surface area contributed by atoms with Gasteiger partial charge in [0.2, 0.25) is 0 Å². The SMILES string of the molecule is CCCCCn1c(C#N)cc(N)c1Cc1cccc(C)c1. The number of hydrogen-bond donors (Lipinski definition) is 1. The van der Waals surface area contributed by atoms with Gasteiger partial charge in [-0.05, 0) is 25.0 Å². The van der Waals surface area contributed by atoms with Crippen molar-refractivity contribution < 1.29 is 0 Å². The van der Waals surface area contributed by atoms with Crippen molar-refractivity contribution in [2.24, 2.45) is 0 Å². The highest BCUT2D eigenvalue weighted by atomic mass is 15.0. The third kappa shape index (κ3) is 3.66. The van der Waals surface area contributed by atoms with Gasteiger partial charge in [0, 0.05) is 18.7 Å². The Morgan fingerprint density at radius 1 is 1.24 bits per heavy atom. The smallest absolute Gasteiger partial charge is 0.122 e. The zero-order valence-corrected chi connectivity index (χ0v) is 12.9. The number of anilines is 1. The lowest BCUT2D eigenvalue weighted by Crippen LogP contribution is -2.07. The molecule has 3 heteroatoms. The van der Waals surface area contributed by atoms with Crippen molar-refractivity contribution in [3.63, 3.8) is 0 Å². The van der Waals surface area contributed by atoms with Crippen molar-refractivity contribution in [2.75, 3.05) is 5.73 Å². The molecule has 2 N–H and O–H groups in total. The molecule has 0 atom stereocenters. The van der Waals surface area contributed by atoms with E-state index in [0.29, 0.717) is 5.69 Å². The maximum Gasteiger partial charge on any atom is 0.122 e. The van der Waals surface area contributed by atoms with Gasteiger partial charge in [0.15, 0.2) is 0 Å². The molecule has 0 saturated carbocycles. The average molecular weight is 281 g/mol. The van der Waals surface area contributed by atoms with Gasteiger partial charge in [-0.15, -0.1) is 0 Å². The van der Waals surface area contributed by atoms with Crippen LogP contribution < -0.4 is 5.73 Å². The van der Waals surface area contributed by atoms with Gasteiger partial charge in [0.25, 0.3) is 0 Å². The molecule has 2 aromatic rings. The number of nitriles is 1. The number of nitrogen functional groups attached to an aromatic ring is 1. The predicted octanol–water partition coefficient (Wildman–Crippen LogP) is 4.03. The molecule has 1 aromatic carbocycles. The molecule has 1 aromatic heterocycles. The van der Waals surface area contributed by atoms with E-state index in [1.165, 1.54) is 24.0 Å². The Kier molecular flexibility index (Phi) is 5.05. The molecule has 0 unspecified atom stereocenters. The van der Waals surface area contributed by atoms with Gasteiger partial charge in [0.05, 0.1) is 5.69 Å². The minimum atomic E-state index is 0.672. The van der Waals surface area contributed by atoms with Crippen LogP contribution in [0.3, 0.4) is 0 Å². The molecule has 0 aliphatic carbocycles. The van der Waals surface area contributed by atoms with Gasteiger partial charge in [0.1, 0.15) is 11.8 Å². The van der Waals surface area contributed by atoms with Crippen molar-refractivity contribution in [3.8, 4) is 6.07 Å². The van der Waals surface area contributed by atoms with Crippen molar-refractivity contribution in [3.05, 3.63) is 52.8 Å². The van der Waals surface area contributed by atoms with Crippen LogP contribution in [0.15, 0.2) is 30.3 Å². The van der Waals surface area contributed by atoms with E-state index >= 15 is 0 Å². The summed E-state index contributed by atoms with van der Waals surface area (Å²) in [6, 6.07) is 12.5. The number of benzene rings is 1. The summed E-state index contributed by atoms with van der Waals surface area (Å²) in [5.74, 6) is 0. The van der Waals surface area contributed by atoms with E-state index in [2.05, 4.69) is 48.7 Å². The monoisotopic (exact) mass is 281 g/mol. The van der Waals surface area contributed by atoms with Crippen molar-refractivity contribution >= 4 is 5.69 Å². The fourth-order valence-electron chi connectivity index (χ4n) is 2.69. The first-order valence-corrected chi connectivity index (χ1v) is 7.59. The summed E-state index contributed by atoms with van der Waals surface area (Å²) in [6.07, 6.45) is 4.21. The highest BCUT2D eigenvalue weighted by Gasteiger charge is 2.13. The van der Waals surface area contributed by atoms with Crippen molar-refractivity contribution in [1.29, 1.82) is 5.26 Å². The highest BCUT2D eigenvalue weighted by molar-refractivity contribution is 5.52. The average Bonchev–Trinajstić information content (AvgIpc) is 2.76. The molecule has 0 radical (unpaired) electrons. The summed E-state index contributed by atoms with van der Waals surface area (Å²) in [5, 5.41) is 9.30. The lowest BCUT2D eigenvalue weighted by Gasteiger charge is -2.12. The number of nitrogens with two attached hydrogens (primary N) is 1. The second-order valence-corrected chi connectivity index (χ2v) is 5.57. The lowest BCUT2D eigenvalue weighted by atomic mass is 10.1. The van der Waals surface area contributed by atoms with E-state index < -0.39 is 0 Å². The maximum atomic E-state index is 9.30. The predicted molar refractivity (Wildman–Crippen MR) is 87.1 cm³/mol. The van der Waals surface area contributed by atoms with Gasteiger partial charge >= 0.3 is 0 Å². The minimum absolute atomic E-state index is 0.672. The summed E-state index contributed by atoms with van der Waals surface area (Å²) < 4.78 is 2.09. The minimum Gasteiger partial charge on any atom is -0.397 e. The quantitative estimate of drug-likeness (QED) is 0.813. The van der Waals surface area contributed by atoms with Crippen LogP contribution in [0.2, 0.25) is 0 Å². The molecule has 0 saturated heterocycles. The molecule has 3 nitrogen and oxygen atoms in total. The van der Waals surface area contributed by atoms with Gasteiger partial charge in [-0.1, -0.05) is 49.6 Å². The van der Waals surface area contributed by atoms with Gasteiger partial charge in [-0.3, -0.25) is 0 Å². The first kappa shape index (κ1) is 15.2. The van der Waals surface area contributed by atoms with E-state index in [9.17, 15) is 5.26 Å². The fourth-order valence-corrected chi connectivity index (χ4v) is 2.69. The van der Waals surface area contributed by atoms with Gasteiger partial charge in [-0.2, -0.15) is 5.26 Å². The molecular formula is C18H23N3. The Balaban J connectivity index is 2.29. The van der Waals surface area contributed by atoms with Crippen LogP contribution in [0.1, 0.15) is 48.7 Å². The number of rotatable bonds is 6. The highest BCUT2D eigenvalue weighted by Crippen LogP contribution is 2.23. The van der Waals surface area contributed by atoms with Crippen molar-refractivity contribution in [2.45, 2.75) is 46.1 Å². The topological polar surface area (TPSA) is 54.7 Å². The van der Waals surface area contributed by atoms with E-state index in [4.69, 9.17) is 5.73 Å². The van der Waals surface area contributed by atoms with Crippen LogP contribution in [0.5, 0.6) is 0 Å². The molecule has 1 heterocycles. The molecule has 0 fully saturated rings. The van der Waals surface area contributed by atoms with Crippen LogP contribution in [-0.2, 0) is 13.0 Å². The normalized spacial score (nSPS) is 10.5. The molecule has 0 spiro atoms. The molecular weight excluding hydrogens is 258 g/mol. The van der Waals surface area contributed by atoms with Gasteiger partial charge in [-0.25, -0.2) is 0 Å². The summed E-state index contributed by atoms with van der Waals surface area (Å²) in [7, 11) is 0. The number of aromatic nitrogens is 1. The second kappa shape index (κ2) is 6.99. The summed E-state index contributed by atoms with van der Waals surface area (Å²) in [5.41, 5.74) is 11.1. The van der Waals surface area contributed by atoms with Crippen molar-refractivity contribution in [1.82, 2.24) is 4.57 Å². The van der Waals surface area contributed by atoms with Crippen LogP contribution >= 0.6 is 0 Å². The van der Waals surface area contributed by atoms with E-state index in [0.717, 1.165) is 30.8 Å². The summed E-state index contributed by atoms with van der Waals surface area (Å²) in [6.45, 7) is 5.14. The third-order valence-electron chi connectivity index (χ3n) is 3.80.